The topological polar surface area (TPSA) is 110 Å². The molecular formula is C17H22N2O6. The van der Waals surface area contributed by atoms with Gasteiger partial charge < -0.3 is 14.7 Å². The van der Waals surface area contributed by atoms with E-state index in [1.165, 1.54) is 12.1 Å². The van der Waals surface area contributed by atoms with Crippen molar-refractivity contribution in [1.82, 2.24) is 4.90 Å². The van der Waals surface area contributed by atoms with E-state index in [0.29, 0.717) is 13.0 Å². The first-order valence-electron chi connectivity index (χ1n) is 8.23. The molecule has 1 aromatic carbocycles. The lowest BCUT2D eigenvalue weighted by Gasteiger charge is -2.25. The number of ether oxygens (including phenoxy) is 1. The average Bonchev–Trinajstić information content (AvgIpc) is 3.00. The van der Waals surface area contributed by atoms with E-state index in [0.717, 1.165) is 18.9 Å². The van der Waals surface area contributed by atoms with Crippen molar-refractivity contribution in [3.8, 4) is 5.75 Å². The number of hydrogen-bond acceptors (Lipinski definition) is 5. The molecule has 0 aromatic heterocycles. The van der Waals surface area contributed by atoms with E-state index in [-0.39, 0.29) is 35.8 Å². The summed E-state index contributed by atoms with van der Waals surface area (Å²) < 4.78 is 5.57. The van der Waals surface area contributed by atoms with Gasteiger partial charge in [0.1, 0.15) is 6.61 Å². The molecule has 136 valence electrons. The van der Waals surface area contributed by atoms with Gasteiger partial charge in [0.25, 0.3) is 0 Å². The van der Waals surface area contributed by atoms with E-state index in [4.69, 9.17) is 9.84 Å². The normalized spacial score (nSPS) is 16.9. The van der Waals surface area contributed by atoms with Gasteiger partial charge in [-0.05, 0) is 30.9 Å². The summed E-state index contributed by atoms with van der Waals surface area (Å²) in [5.74, 6) is -0.898. The maximum atomic E-state index is 12.3. The van der Waals surface area contributed by atoms with Gasteiger partial charge in [-0.15, -0.1) is 0 Å². The molecule has 1 atom stereocenters. The Balaban J connectivity index is 2.08. The lowest BCUT2D eigenvalue weighted by Crippen LogP contribution is -2.39. The van der Waals surface area contributed by atoms with Crippen molar-refractivity contribution in [2.75, 3.05) is 13.2 Å². The number of likely N-dealkylation sites (tertiary alicyclic amines) is 1. The molecule has 0 unspecified atom stereocenters. The Kier molecular flexibility index (Phi) is 5.95. The Bertz CT molecular complexity index is 673. The number of benzene rings is 1. The third kappa shape index (κ3) is 4.68. The van der Waals surface area contributed by atoms with Crippen LogP contribution in [0.5, 0.6) is 5.75 Å². The quantitative estimate of drug-likeness (QED) is 0.598. The largest absolute Gasteiger partial charge is 0.485 e. The molecule has 1 fully saturated rings. The number of rotatable bonds is 7. The molecule has 8 heteroatoms. The highest BCUT2D eigenvalue weighted by atomic mass is 16.6. The summed E-state index contributed by atoms with van der Waals surface area (Å²) in [7, 11) is 0. The van der Waals surface area contributed by atoms with Crippen LogP contribution in [0.15, 0.2) is 18.2 Å². The van der Waals surface area contributed by atoms with Crippen LogP contribution in [0.1, 0.15) is 43.5 Å². The van der Waals surface area contributed by atoms with E-state index >= 15 is 0 Å². The van der Waals surface area contributed by atoms with Crippen LogP contribution in [0.25, 0.3) is 0 Å². The fourth-order valence-electron chi connectivity index (χ4n) is 2.90. The molecular weight excluding hydrogens is 328 g/mol. The van der Waals surface area contributed by atoms with E-state index in [9.17, 15) is 19.7 Å². The second-order valence-corrected chi connectivity index (χ2v) is 6.54. The second-order valence-electron chi connectivity index (χ2n) is 6.54. The van der Waals surface area contributed by atoms with Gasteiger partial charge in [0, 0.05) is 19.0 Å². The van der Waals surface area contributed by atoms with Gasteiger partial charge in [0.15, 0.2) is 5.75 Å². The lowest BCUT2D eigenvalue weighted by molar-refractivity contribution is -0.385. The van der Waals surface area contributed by atoms with Gasteiger partial charge in [0.2, 0.25) is 5.91 Å². The third-order valence-corrected chi connectivity index (χ3v) is 4.11. The minimum Gasteiger partial charge on any atom is -0.485 e. The maximum Gasteiger partial charge on any atom is 0.335 e. The molecule has 0 bridgehead atoms. The van der Waals surface area contributed by atoms with Crippen molar-refractivity contribution in [3.63, 3.8) is 0 Å². The molecule has 2 rings (SSSR count). The SMILES string of the molecule is CC(C)CC(=O)N1CCC[C@H]1COc1ccc(C(=O)O)cc1[N+](=O)[O-]. The lowest BCUT2D eigenvalue weighted by atomic mass is 10.1. The monoisotopic (exact) mass is 350 g/mol. The van der Waals surface area contributed by atoms with Crippen LogP contribution < -0.4 is 4.74 Å². The van der Waals surface area contributed by atoms with E-state index in [1.807, 2.05) is 13.8 Å². The van der Waals surface area contributed by atoms with Crippen molar-refractivity contribution >= 4 is 17.6 Å². The zero-order valence-electron chi connectivity index (χ0n) is 14.3. The van der Waals surface area contributed by atoms with Crippen LogP contribution in [0.2, 0.25) is 0 Å². The van der Waals surface area contributed by atoms with Crippen molar-refractivity contribution in [2.24, 2.45) is 5.92 Å². The molecule has 0 saturated carbocycles. The molecule has 8 nitrogen and oxygen atoms in total. The average molecular weight is 350 g/mol. The summed E-state index contributed by atoms with van der Waals surface area (Å²) in [6, 6.07) is 3.41. The van der Waals surface area contributed by atoms with Gasteiger partial charge >= 0.3 is 11.7 Å². The summed E-state index contributed by atoms with van der Waals surface area (Å²) in [6.07, 6.45) is 2.12. The standard InChI is InChI=1S/C17H22N2O6/c1-11(2)8-16(20)18-7-3-4-13(18)10-25-15-6-5-12(17(21)22)9-14(15)19(23)24/h5-6,9,11,13H,3-4,7-8,10H2,1-2H3,(H,21,22)/t13-/m0/s1. The number of carbonyl (C=O) groups is 2. The fraction of sp³-hybridized carbons (Fsp3) is 0.529. The van der Waals surface area contributed by atoms with Crippen molar-refractivity contribution in [3.05, 3.63) is 33.9 Å². The molecule has 1 N–H and O–H groups in total. The third-order valence-electron chi connectivity index (χ3n) is 4.11. The number of amides is 1. The van der Waals surface area contributed by atoms with Gasteiger partial charge in [-0.25, -0.2) is 4.79 Å². The first kappa shape index (κ1) is 18.7. The Morgan fingerprint density at radius 2 is 2.16 bits per heavy atom. The van der Waals surface area contributed by atoms with E-state index in [2.05, 4.69) is 0 Å². The van der Waals surface area contributed by atoms with Crippen LogP contribution in [0, 0.1) is 16.0 Å². The molecule has 0 radical (unpaired) electrons. The Morgan fingerprint density at radius 1 is 1.44 bits per heavy atom. The molecule has 0 spiro atoms. The first-order valence-corrected chi connectivity index (χ1v) is 8.23. The highest BCUT2D eigenvalue weighted by Gasteiger charge is 2.30. The number of aromatic carboxylic acids is 1. The van der Waals surface area contributed by atoms with E-state index in [1.54, 1.807) is 4.90 Å². The Morgan fingerprint density at radius 3 is 2.76 bits per heavy atom. The Labute approximate surface area is 145 Å². The first-order chi connectivity index (χ1) is 11.8. The number of nitro groups is 1. The van der Waals surface area contributed by atoms with Crippen molar-refractivity contribution < 1.29 is 24.4 Å². The fourth-order valence-corrected chi connectivity index (χ4v) is 2.90. The van der Waals surface area contributed by atoms with Crippen LogP contribution >= 0.6 is 0 Å². The van der Waals surface area contributed by atoms with Crippen LogP contribution in [-0.2, 0) is 4.79 Å². The second kappa shape index (κ2) is 7.96. The van der Waals surface area contributed by atoms with Gasteiger partial charge in [-0.2, -0.15) is 0 Å². The molecule has 1 heterocycles. The van der Waals surface area contributed by atoms with Crippen LogP contribution in [0.3, 0.4) is 0 Å². The minimum absolute atomic E-state index is 0.0122. The van der Waals surface area contributed by atoms with Gasteiger partial charge in [-0.1, -0.05) is 13.8 Å². The minimum atomic E-state index is -1.24. The zero-order valence-corrected chi connectivity index (χ0v) is 14.3. The van der Waals surface area contributed by atoms with Crippen LogP contribution in [-0.4, -0.2) is 46.0 Å². The van der Waals surface area contributed by atoms with Gasteiger partial charge in [-0.3, -0.25) is 14.9 Å². The summed E-state index contributed by atoms with van der Waals surface area (Å²) in [5, 5.41) is 20.1. The number of hydrogen-bond donors (Lipinski definition) is 1. The zero-order chi connectivity index (χ0) is 18.6. The number of carbonyl (C=O) groups excluding carboxylic acids is 1. The van der Waals surface area contributed by atoms with Gasteiger partial charge in [0.05, 0.1) is 16.5 Å². The molecule has 0 aliphatic carbocycles. The molecule has 25 heavy (non-hydrogen) atoms. The molecule has 1 aliphatic rings. The van der Waals surface area contributed by atoms with E-state index < -0.39 is 16.6 Å². The molecule has 1 saturated heterocycles. The van der Waals surface area contributed by atoms with Crippen molar-refractivity contribution in [2.45, 2.75) is 39.2 Å². The molecule has 1 aliphatic heterocycles. The number of nitrogens with zero attached hydrogens (tertiary/aromatic N) is 2. The summed E-state index contributed by atoms with van der Waals surface area (Å²) >= 11 is 0. The predicted octanol–water partition coefficient (Wildman–Crippen LogP) is 2.71. The summed E-state index contributed by atoms with van der Waals surface area (Å²) in [5.41, 5.74) is -0.563. The molecule has 1 amide bonds. The highest BCUT2D eigenvalue weighted by Crippen LogP contribution is 2.29. The van der Waals surface area contributed by atoms with Crippen LogP contribution in [0.4, 0.5) is 5.69 Å². The smallest absolute Gasteiger partial charge is 0.335 e. The summed E-state index contributed by atoms with van der Waals surface area (Å²) in [6.45, 7) is 4.77. The summed E-state index contributed by atoms with van der Waals surface area (Å²) in [4.78, 5) is 35.5. The number of nitro benzene ring substituents is 1. The van der Waals surface area contributed by atoms with Crippen molar-refractivity contribution in [1.29, 1.82) is 0 Å². The Hall–Kier alpha value is -2.64. The molecule has 1 aromatic rings. The highest BCUT2D eigenvalue weighted by molar-refractivity contribution is 5.88. The number of carboxylic acids is 1. The number of carboxylic acid groups (broad SMARTS) is 1. The maximum absolute atomic E-state index is 12.3. The predicted molar refractivity (Wildman–Crippen MR) is 89.7 cm³/mol.